The molecule has 4 aromatic carbocycles. The second-order valence-electron chi connectivity index (χ2n) is 35.9. The minimum atomic E-state index is -5.61. The van der Waals surface area contributed by atoms with Crippen molar-refractivity contribution < 1.29 is 193 Å². The molecular weight excluding hydrogens is 1960 g/mol. The molecule has 32 nitrogen and oxygen atoms in total. The van der Waals surface area contributed by atoms with Crippen LogP contribution in [-0.2, 0) is 119 Å². The van der Waals surface area contributed by atoms with Crippen molar-refractivity contribution in [2.75, 3.05) is 29.8 Å². The summed E-state index contributed by atoms with van der Waals surface area (Å²) in [6.45, 7) is 37.2. The Labute approximate surface area is 790 Å². The zero-order chi connectivity index (χ0) is 108. The van der Waals surface area contributed by atoms with Gasteiger partial charge in [0.05, 0.1) is 39.6 Å². The predicted octanol–water partition coefficient (Wildman–Crippen LogP) is 18.4. The van der Waals surface area contributed by atoms with Crippen molar-refractivity contribution in [3.8, 4) is 17.2 Å². The van der Waals surface area contributed by atoms with E-state index in [-0.39, 0.29) is 40.6 Å². The van der Waals surface area contributed by atoms with E-state index in [9.17, 15) is 132 Å². The van der Waals surface area contributed by atoms with Crippen LogP contribution in [0.15, 0.2) is 121 Å². The highest BCUT2D eigenvalue weighted by atomic mass is 32.2. The largest absolute Gasteiger partial charge is 0.455 e. The molecule has 6 N–H and O–H groups in total. The number of hydrogen-bond acceptors (Lipinski definition) is 26. The van der Waals surface area contributed by atoms with Crippen LogP contribution in [0.4, 0.5) is 48.3 Å². The molecule has 4 bridgehead atoms. The molecule has 0 radical (unpaired) electrons. The van der Waals surface area contributed by atoms with Gasteiger partial charge in [-0.1, -0.05) is 161 Å². The standard InChI is InChI=1S/C19H29F3O5S.3C12H16O2.C11H16.C9H16F2O5S.2C5H7F3O5S.2CH4O3S/c1-4-16(2,3)18-8-12-5-13(9-18)7-17(6-12,11-18)15(23)27-14(19(20,21)22)10-28(24,25)26;3*1-4-12(2,3)11(13)14-10-8-6-5-7-9-10;1-4-11(2,3)10-8-6-5-7-9-10;1-5-8(3,4)7(12)16-6(2)9(10,11)17(13,14)15;2*1-3(9)13-4(5(6,7)8)2-14(10,11)12;2*1-5(2,3)4/h12-14H,4-11H2,1-3H3,(H,24,25,26);3*5-9H,4H2,1-3H3;5-9H,4H2,1-3H3;6H,5H2,1-4H3,(H,13,14,15);2*4H,2H2,1H3,(H,10,11,12);2*1H3,(H,2,3,4). The second kappa shape index (κ2) is 54.0. The number of carbonyl (C=O) groups is 7. The highest BCUT2D eigenvalue weighted by molar-refractivity contribution is 7.87. The van der Waals surface area contributed by atoms with Crippen LogP contribution in [-0.4, -0.2) is 198 Å². The fourth-order valence-corrected chi connectivity index (χ4v) is 14.3. The van der Waals surface area contributed by atoms with Gasteiger partial charge in [-0.2, -0.15) is 98.8 Å². The molecule has 8 rings (SSSR count). The third kappa shape index (κ3) is 52.8. The first-order chi connectivity index (χ1) is 60.9. The van der Waals surface area contributed by atoms with Gasteiger partial charge in [0.1, 0.15) is 34.5 Å². The van der Waals surface area contributed by atoms with Crippen molar-refractivity contribution in [1.29, 1.82) is 0 Å². The molecule has 136 heavy (non-hydrogen) atoms. The summed E-state index contributed by atoms with van der Waals surface area (Å²) in [5, 5.41) is -4.52. The van der Waals surface area contributed by atoms with Crippen LogP contribution in [0.25, 0.3) is 0 Å². The van der Waals surface area contributed by atoms with Gasteiger partial charge in [0, 0.05) is 13.8 Å². The Hall–Kier alpha value is -8.14. The summed E-state index contributed by atoms with van der Waals surface area (Å²) in [6, 6.07) is 38.1. The number of para-hydroxylation sites is 3. The monoisotopic (exact) mass is 2090 g/mol. The quantitative estimate of drug-likeness (QED) is 0.0101. The number of benzene rings is 4. The molecule has 0 aromatic heterocycles. The molecule has 4 saturated carbocycles. The molecule has 0 aliphatic heterocycles. The van der Waals surface area contributed by atoms with Gasteiger partial charge in [-0.3, -0.25) is 60.9 Å². The topological polar surface area (TPSA) is 510 Å². The molecule has 784 valence electrons. The Kier molecular flexibility index (Phi) is 52.4. The van der Waals surface area contributed by atoms with Crippen molar-refractivity contribution in [3.05, 3.63) is 127 Å². The zero-order valence-corrected chi connectivity index (χ0v) is 84.9. The SMILES string of the molecule is CC(=O)OC(CS(=O)(=O)O)C(F)(F)F.CC(=O)OC(CS(=O)(=O)O)C(F)(F)F.CCC(C)(C)C(=O)OC(C)C(F)(F)S(=O)(=O)O.CCC(C)(C)C(=O)Oc1ccccc1.CCC(C)(C)C(=O)Oc1ccccc1.CCC(C)(C)C(=O)Oc1ccccc1.CCC(C)(C)C12CC3CC(CC(C(=O)OC(CS(=O)(=O)O)C(F)(F)F)(C3)C1)C2.CCC(C)(C)c1ccccc1.CS(=O)(=O)O.CS(=O)(=O)O. The van der Waals surface area contributed by atoms with E-state index in [4.69, 9.17) is 46.3 Å². The molecule has 6 unspecified atom stereocenters. The Bertz CT molecular complexity index is 4860. The normalized spacial score (nSPS) is 17.7. The number of carbonyl (C=O) groups excluding carboxylic acids is 7. The van der Waals surface area contributed by atoms with Gasteiger partial charge in [0.25, 0.3) is 50.6 Å². The Morgan fingerprint density at radius 3 is 0.846 bits per heavy atom. The number of halogens is 11. The van der Waals surface area contributed by atoms with Crippen molar-refractivity contribution >= 4 is 102 Å². The Morgan fingerprint density at radius 1 is 0.375 bits per heavy atom. The van der Waals surface area contributed by atoms with Crippen LogP contribution in [0.5, 0.6) is 17.2 Å². The maximum Gasteiger partial charge on any atom is 0.426 e. The average molecular weight is 2090 g/mol. The van der Waals surface area contributed by atoms with Crippen molar-refractivity contribution in [3.63, 3.8) is 0 Å². The summed E-state index contributed by atoms with van der Waals surface area (Å²) in [4.78, 5) is 79.8. The predicted molar refractivity (Wildman–Crippen MR) is 481 cm³/mol. The minimum Gasteiger partial charge on any atom is -0.455 e. The molecule has 49 heteroatoms. The number of ether oxygens (including phenoxy) is 7. The highest BCUT2D eigenvalue weighted by Gasteiger charge is 2.65. The Morgan fingerprint density at radius 2 is 0.625 bits per heavy atom. The van der Waals surface area contributed by atoms with Gasteiger partial charge in [-0.05, 0) is 203 Å². The van der Waals surface area contributed by atoms with Crippen LogP contribution in [0.3, 0.4) is 0 Å². The van der Waals surface area contributed by atoms with E-state index in [1.165, 1.54) is 25.8 Å². The summed E-state index contributed by atoms with van der Waals surface area (Å²) < 4.78 is 338. The van der Waals surface area contributed by atoms with Gasteiger partial charge in [0.15, 0.2) is 6.10 Å². The number of alkyl halides is 11. The lowest BCUT2D eigenvalue weighted by Crippen LogP contribution is -2.60. The molecule has 0 heterocycles. The summed E-state index contributed by atoms with van der Waals surface area (Å²) >= 11 is 0. The molecule has 4 fully saturated rings. The molecule has 4 aromatic rings. The first-order valence-electron chi connectivity index (χ1n) is 41.8. The van der Waals surface area contributed by atoms with Gasteiger partial charge in [-0.15, -0.1) is 0 Å². The van der Waals surface area contributed by atoms with Crippen molar-refractivity contribution in [2.45, 2.75) is 276 Å². The van der Waals surface area contributed by atoms with Gasteiger partial charge in [-0.25, -0.2) is 0 Å². The lowest BCUT2D eigenvalue weighted by molar-refractivity contribution is -0.234. The maximum absolute atomic E-state index is 13.2. The third-order valence-electron chi connectivity index (χ3n) is 22.0. The fraction of sp³-hybridized carbons (Fsp3) is 0.644. The summed E-state index contributed by atoms with van der Waals surface area (Å²) in [5.74, 6) is -7.66. The molecular formula is C87H131F11O32S6. The van der Waals surface area contributed by atoms with Crippen LogP contribution in [0, 0.1) is 49.7 Å². The maximum atomic E-state index is 13.2. The van der Waals surface area contributed by atoms with E-state index in [0.29, 0.717) is 81.6 Å². The summed E-state index contributed by atoms with van der Waals surface area (Å²) in [6.07, 6.45) is -15.3. The average Bonchev–Trinajstić information content (AvgIpc) is 0.699. The van der Waals surface area contributed by atoms with Gasteiger partial charge >= 0.3 is 75.7 Å². The summed E-state index contributed by atoms with van der Waals surface area (Å²) in [7, 11) is -27.6. The van der Waals surface area contributed by atoms with Gasteiger partial charge < -0.3 is 33.2 Å². The fourth-order valence-electron chi connectivity index (χ4n) is 12.0. The first-order valence-corrected chi connectivity index (χ1v) is 51.7. The molecule has 0 saturated heterocycles. The van der Waals surface area contributed by atoms with E-state index >= 15 is 0 Å². The number of rotatable bonds is 28. The highest BCUT2D eigenvalue weighted by Crippen LogP contribution is 2.71. The second-order valence-corrected chi connectivity index (χ2v) is 44.8. The number of esters is 7. The Balaban J connectivity index is -0.00000149. The molecule has 0 amide bonds. The van der Waals surface area contributed by atoms with E-state index in [1.807, 2.05) is 117 Å². The molecule has 0 spiro atoms. The van der Waals surface area contributed by atoms with E-state index in [2.05, 4.69) is 86.1 Å². The zero-order valence-electron chi connectivity index (χ0n) is 80.0. The van der Waals surface area contributed by atoms with E-state index in [0.717, 1.165) is 44.9 Å². The minimum absolute atomic E-state index is 0.0475. The van der Waals surface area contributed by atoms with Crippen molar-refractivity contribution in [2.24, 2.45) is 49.7 Å². The van der Waals surface area contributed by atoms with Crippen LogP contribution < -0.4 is 14.2 Å². The summed E-state index contributed by atoms with van der Waals surface area (Å²) in [5.41, 5.74) is -1.59. The lowest BCUT2D eigenvalue weighted by atomic mass is 9.39. The molecule has 4 aliphatic rings. The first kappa shape index (κ1) is 132. The van der Waals surface area contributed by atoms with Crippen molar-refractivity contribution in [1.82, 2.24) is 0 Å². The number of hydrogen-bond donors (Lipinski definition) is 6. The van der Waals surface area contributed by atoms with E-state index in [1.54, 1.807) is 43.3 Å². The van der Waals surface area contributed by atoms with Crippen LogP contribution in [0.1, 0.15) is 228 Å². The smallest absolute Gasteiger partial charge is 0.426 e. The molecule has 4 aliphatic carbocycles. The van der Waals surface area contributed by atoms with Crippen LogP contribution >= 0.6 is 0 Å². The van der Waals surface area contributed by atoms with Crippen LogP contribution in [0.2, 0.25) is 0 Å². The lowest BCUT2D eigenvalue weighted by Gasteiger charge is -2.65. The van der Waals surface area contributed by atoms with Gasteiger partial charge in [0.2, 0.25) is 18.3 Å². The third-order valence-corrected chi connectivity index (χ3v) is 25.2. The van der Waals surface area contributed by atoms with E-state index < -0.39 is 177 Å². The molecule has 6 atom stereocenters.